The third-order valence-corrected chi connectivity index (χ3v) is 6.11. The highest BCUT2D eigenvalue weighted by atomic mass is 32.1. The van der Waals surface area contributed by atoms with Gasteiger partial charge in [-0.2, -0.15) is 10.5 Å². The van der Waals surface area contributed by atoms with Crippen LogP contribution < -0.4 is 10.1 Å². The maximum absolute atomic E-state index is 9.49. The summed E-state index contributed by atoms with van der Waals surface area (Å²) in [6, 6.07) is 11.9. The molecule has 7 heteroatoms. The number of ether oxygens (including phenoxy) is 1. The molecule has 1 aliphatic rings. The molecule has 1 fully saturated rings. The molecule has 28 heavy (non-hydrogen) atoms. The molecule has 0 aliphatic carbocycles. The van der Waals surface area contributed by atoms with Gasteiger partial charge in [0.2, 0.25) is 0 Å². The number of aliphatic hydroxyl groups excluding tert-OH is 1. The van der Waals surface area contributed by atoms with Crippen LogP contribution in [0.5, 0.6) is 5.75 Å². The second-order valence-electron chi connectivity index (χ2n) is 7.01. The third-order valence-electron chi connectivity index (χ3n) is 4.97. The van der Waals surface area contributed by atoms with E-state index in [4.69, 9.17) is 4.74 Å². The molecule has 6 nitrogen and oxygen atoms in total. The lowest BCUT2D eigenvalue weighted by molar-refractivity contribution is 0.137. The number of benzene rings is 1. The largest absolute Gasteiger partial charge is 0.491 e. The molecule has 0 spiro atoms. The molecule has 0 radical (unpaired) electrons. The van der Waals surface area contributed by atoms with Crippen LogP contribution in [-0.2, 0) is 6.61 Å². The van der Waals surface area contributed by atoms with Crippen LogP contribution in [0.3, 0.4) is 0 Å². The average Bonchev–Trinajstić information content (AvgIpc) is 3.11. The van der Waals surface area contributed by atoms with Crippen molar-refractivity contribution in [2.24, 2.45) is 5.41 Å². The van der Waals surface area contributed by atoms with Gasteiger partial charge in [-0.1, -0.05) is 0 Å². The number of pyridine rings is 1. The molecule has 1 aromatic carbocycles. The molecule has 3 aromatic rings. The van der Waals surface area contributed by atoms with Crippen molar-refractivity contribution in [3.05, 3.63) is 46.5 Å². The van der Waals surface area contributed by atoms with Crippen molar-refractivity contribution in [2.45, 2.75) is 13.5 Å². The summed E-state index contributed by atoms with van der Waals surface area (Å²) >= 11 is 1.48. The van der Waals surface area contributed by atoms with Crippen LogP contribution in [-0.4, -0.2) is 29.8 Å². The fraction of sp³-hybridized carbons (Fsp3) is 0.286. The summed E-state index contributed by atoms with van der Waals surface area (Å²) in [5.74, 6) is 0.673. The molecule has 0 atom stereocenters. The van der Waals surface area contributed by atoms with E-state index in [1.807, 2.05) is 25.1 Å². The number of rotatable bonds is 5. The molecular formula is C21H18N4O2S. The molecule has 0 saturated carbocycles. The maximum Gasteiger partial charge on any atom is 0.130 e. The monoisotopic (exact) mass is 390 g/mol. The highest BCUT2D eigenvalue weighted by Gasteiger charge is 2.38. The van der Waals surface area contributed by atoms with Crippen molar-refractivity contribution < 1.29 is 9.84 Å². The van der Waals surface area contributed by atoms with Gasteiger partial charge in [-0.05, 0) is 36.8 Å². The lowest BCUT2D eigenvalue weighted by Gasteiger charge is -2.36. The summed E-state index contributed by atoms with van der Waals surface area (Å²) in [6.45, 7) is 3.37. The van der Waals surface area contributed by atoms with Gasteiger partial charge < -0.3 is 15.2 Å². The van der Waals surface area contributed by atoms with E-state index in [2.05, 4.69) is 22.4 Å². The van der Waals surface area contributed by atoms with Gasteiger partial charge in [-0.25, -0.2) is 0 Å². The highest BCUT2D eigenvalue weighted by molar-refractivity contribution is 7.19. The third kappa shape index (κ3) is 3.10. The maximum atomic E-state index is 9.49. The molecule has 4 rings (SSSR count). The number of hydrogen-bond donors (Lipinski definition) is 2. The fourth-order valence-corrected chi connectivity index (χ4v) is 4.36. The lowest BCUT2D eigenvalue weighted by atomic mass is 9.84. The first-order valence-electron chi connectivity index (χ1n) is 8.87. The molecule has 3 heterocycles. The first kappa shape index (κ1) is 18.4. The minimum Gasteiger partial charge on any atom is -0.491 e. The van der Waals surface area contributed by atoms with Crippen LogP contribution in [0.25, 0.3) is 21.3 Å². The molecule has 1 aliphatic heterocycles. The Morgan fingerprint density at radius 1 is 1.29 bits per heavy atom. The zero-order chi connectivity index (χ0) is 19.7. The second-order valence-corrected chi connectivity index (χ2v) is 8.15. The van der Waals surface area contributed by atoms with Gasteiger partial charge in [-0.3, -0.25) is 4.98 Å². The number of nitrogens with one attached hydrogen (secondary N) is 1. The quantitative estimate of drug-likeness (QED) is 0.694. The normalized spacial score (nSPS) is 14.9. The Morgan fingerprint density at radius 2 is 2.11 bits per heavy atom. The number of aromatic nitrogens is 1. The van der Waals surface area contributed by atoms with Crippen molar-refractivity contribution in [1.29, 1.82) is 10.5 Å². The molecule has 0 amide bonds. The van der Waals surface area contributed by atoms with Gasteiger partial charge in [-0.15, -0.1) is 11.3 Å². The predicted molar refractivity (Wildman–Crippen MR) is 107 cm³/mol. The lowest BCUT2D eigenvalue weighted by Crippen LogP contribution is -2.55. The second kappa shape index (κ2) is 7.21. The van der Waals surface area contributed by atoms with Crippen LogP contribution in [0.1, 0.15) is 16.0 Å². The van der Waals surface area contributed by atoms with E-state index < -0.39 is 5.41 Å². The van der Waals surface area contributed by atoms with Gasteiger partial charge >= 0.3 is 0 Å². The van der Waals surface area contributed by atoms with Crippen LogP contribution >= 0.6 is 11.3 Å². The summed E-state index contributed by atoms with van der Waals surface area (Å²) in [4.78, 5) is 5.22. The molecule has 2 aromatic heterocycles. The zero-order valence-electron chi connectivity index (χ0n) is 15.3. The van der Waals surface area contributed by atoms with Crippen molar-refractivity contribution >= 4 is 21.6 Å². The predicted octanol–water partition coefficient (Wildman–Crippen LogP) is 3.13. The highest BCUT2D eigenvalue weighted by Crippen LogP contribution is 2.41. The van der Waals surface area contributed by atoms with E-state index in [1.165, 1.54) is 11.3 Å². The Labute approximate surface area is 166 Å². The number of aryl methyl sites for hydroxylation is 1. The van der Waals surface area contributed by atoms with E-state index in [0.717, 1.165) is 31.8 Å². The Morgan fingerprint density at radius 3 is 2.75 bits per heavy atom. The summed E-state index contributed by atoms with van der Waals surface area (Å²) in [5, 5.41) is 31.5. The van der Waals surface area contributed by atoms with Crippen LogP contribution in [0.2, 0.25) is 0 Å². The number of hydrogen-bond acceptors (Lipinski definition) is 7. The van der Waals surface area contributed by atoms with Gasteiger partial charge in [0.05, 0.1) is 34.5 Å². The number of fused-ring (bicyclic) bond motifs is 1. The van der Waals surface area contributed by atoms with Crippen molar-refractivity contribution in [2.75, 3.05) is 19.7 Å². The Hall–Kier alpha value is -2.97. The number of thiophene rings is 1. The van der Waals surface area contributed by atoms with Crippen molar-refractivity contribution in [1.82, 2.24) is 10.3 Å². The van der Waals surface area contributed by atoms with Crippen LogP contribution in [0.15, 0.2) is 30.5 Å². The topological polar surface area (TPSA) is 102 Å². The minimum atomic E-state index is -0.516. The molecule has 140 valence electrons. The number of aliphatic hydroxyl groups is 1. The molecule has 0 bridgehead atoms. The van der Waals surface area contributed by atoms with Gasteiger partial charge in [0.25, 0.3) is 0 Å². The molecule has 2 N–H and O–H groups in total. The summed E-state index contributed by atoms with van der Waals surface area (Å²) in [7, 11) is 0. The molecule has 0 unspecified atom stereocenters. The van der Waals surface area contributed by atoms with E-state index in [0.29, 0.717) is 24.4 Å². The van der Waals surface area contributed by atoms with E-state index in [9.17, 15) is 15.6 Å². The Kier molecular flexibility index (Phi) is 4.74. The first-order valence-corrected chi connectivity index (χ1v) is 9.69. The zero-order valence-corrected chi connectivity index (χ0v) is 16.1. The Balaban J connectivity index is 1.84. The summed E-state index contributed by atoms with van der Waals surface area (Å²) in [5.41, 5.74) is 3.38. The van der Waals surface area contributed by atoms with E-state index in [1.54, 1.807) is 12.3 Å². The van der Waals surface area contributed by atoms with Gasteiger partial charge in [0.1, 0.15) is 17.8 Å². The molecular weight excluding hydrogens is 372 g/mol. The van der Waals surface area contributed by atoms with Gasteiger partial charge in [0.15, 0.2) is 0 Å². The van der Waals surface area contributed by atoms with Crippen molar-refractivity contribution in [3.63, 3.8) is 0 Å². The number of nitrogens with zero attached hydrogens (tertiary/aromatic N) is 3. The number of nitriles is 2. The summed E-state index contributed by atoms with van der Waals surface area (Å²) < 4.78 is 7.10. The van der Waals surface area contributed by atoms with Crippen molar-refractivity contribution in [3.8, 4) is 29.0 Å². The summed E-state index contributed by atoms with van der Waals surface area (Å²) in [6.07, 6.45) is 1.72. The van der Waals surface area contributed by atoms with E-state index >= 15 is 0 Å². The van der Waals surface area contributed by atoms with Crippen LogP contribution in [0, 0.1) is 35.0 Å². The fourth-order valence-electron chi connectivity index (χ4n) is 3.36. The first-order chi connectivity index (χ1) is 13.6. The SMILES string of the molecule is Cc1cc(C#N)cc(-c2ccnc3cc(CO)sc23)c1OCC1(C#N)CNC1. The van der Waals surface area contributed by atoms with E-state index in [-0.39, 0.29) is 13.2 Å². The molecule has 1 saturated heterocycles. The smallest absolute Gasteiger partial charge is 0.130 e. The van der Waals surface area contributed by atoms with Gasteiger partial charge in [0, 0.05) is 35.3 Å². The Bertz CT molecular complexity index is 1140. The minimum absolute atomic E-state index is 0.0429. The standard InChI is InChI=1S/C21H18N4O2S/c1-13-4-14(7-22)5-17(19(13)27-12-21(9-23)10-24-11-21)16-2-3-25-18-6-15(8-26)28-20(16)18/h2-6,24,26H,8,10-12H2,1H3. The average molecular weight is 390 g/mol. The van der Waals surface area contributed by atoms with Crippen LogP contribution in [0.4, 0.5) is 0 Å².